The Kier molecular flexibility index (Phi) is 5.85. The molecule has 0 saturated carbocycles. The van der Waals surface area contributed by atoms with Crippen LogP contribution >= 0.6 is 12.4 Å². The fourth-order valence-corrected chi connectivity index (χ4v) is 4.36. The molecule has 4 aromatic rings. The predicted molar refractivity (Wildman–Crippen MR) is 129 cm³/mol. The number of hydrogen-bond donors (Lipinski definition) is 3. The van der Waals surface area contributed by atoms with Crippen molar-refractivity contribution in [1.82, 2.24) is 14.6 Å². The zero-order valence-electron chi connectivity index (χ0n) is 17.9. The van der Waals surface area contributed by atoms with E-state index >= 15 is 0 Å². The average molecular weight is 457 g/mol. The van der Waals surface area contributed by atoms with Crippen LogP contribution in [0, 0.1) is 12.7 Å². The maximum absolute atomic E-state index is 14.2. The van der Waals surface area contributed by atoms with Gasteiger partial charge in [-0.2, -0.15) is 5.10 Å². The molecule has 3 heterocycles. The van der Waals surface area contributed by atoms with Crippen molar-refractivity contribution in [1.29, 1.82) is 0 Å². The molecule has 2 aromatic carbocycles. The maximum atomic E-state index is 14.2. The van der Waals surface area contributed by atoms with Crippen molar-refractivity contribution >= 4 is 45.7 Å². The average Bonchev–Trinajstić information content (AvgIpc) is 3.39. The monoisotopic (exact) mass is 456 g/mol. The van der Waals surface area contributed by atoms with Gasteiger partial charge >= 0.3 is 0 Å². The summed E-state index contributed by atoms with van der Waals surface area (Å²) in [6.45, 7) is 3.31. The normalized spacial score (nSPS) is 15.8. The number of halogens is 2. The highest BCUT2D eigenvalue weighted by atomic mass is 35.5. The lowest BCUT2D eigenvalue weighted by molar-refractivity contribution is 0.159. The number of benzene rings is 2. The third-order valence-electron chi connectivity index (χ3n) is 5.83. The molecule has 168 valence electrons. The van der Waals surface area contributed by atoms with E-state index in [1.54, 1.807) is 11.0 Å². The van der Waals surface area contributed by atoms with E-state index in [0.29, 0.717) is 30.0 Å². The molecule has 0 bridgehead atoms. The Morgan fingerprint density at radius 2 is 1.91 bits per heavy atom. The van der Waals surface area contributed by atoms with Gasteiger partial charge in [0.15, 0.2) is 5.84 Å². The Labute approximate surface area is 191 Å². The molecular formula is C23H26ClFN6O. The molecule has 4 N–H and O–H groups in total. The summed E-state index contributed by atoms with van der Waals surface area (Å²) in [7, 11) is 1.99. The van der Waals surface area contributed by atoms with E-state index in [9.17, 15) is 9.50 Å². The molecule has 32 heavy (non-hydrogen) atoms. The first-order chi connectivity index (χ1) is 15.0. The van der Waals surface area contributed by atoms with Crippen molar-refractivity contribution in [2.75, 3.05) is 11.4 Å². The second-order valence-corrected chi connectivity index (χ2v) is 7.99. The van der Waals surface area contributed by atoms with Crippen LogP contribution in [0.25, 0.3) is 21.8 Å². The van der Waals surface area contributed by atoms with E-state index in [1.165, 1.54) is 12.1 Å². The highest BCUT2D eigenvalue weighted by Gasteiger charge is 2.32. The van der Waals surface area contributed by atoms with E-state index in [2.05, 4.69) is 28.7 Å². The molecule has 7 nitrogen and oxygen atoms in total. The summed E-state index contributed by atoms with van der Waals surface area (Å²) in [6, 6.07) is 11.0. The van der Waals surface area contributed by atoms with Gasteiger partial charge in [-0.15, -0.1) is 12.4 Å². The van der Waals surface area contributed by atoms with Crippen LogP contribution < -0.4 is 16.1 Å². The second kappa shape index (κ2) is 8.46. The Morgan fingerprint density at radius 1 is 1.12 bits per heavy atom. The molecule has 2 aromatic heterocycles. The van der Waals surface area contributed by atoms with E-state index < -0.39 is 6.35 Å². The number of nitrogens with zero attached hydrogens (tertiary/aromatic N) is 4. The minimum Gasteiger partial charge on any atom is -0.355 e. The van der Waals surface area contributed by atoms with E-state index in [1.807, 2.05) is 35.5 Å². The van der Waals surface area contributed by atoms with E-state index in [4.69, 9.17) is 5.73 Å². The number of fused-ring (bicyclic) bond motifs is 2. The first kappa shape index (κ1) is 22.1. The number of hydrogen-bond acceptors (Lipinski definition) is 5. The number of nitrogens with one attached hydrogen (secondary N) is 1. The molecule has 0 amide bonds. The van der Waals surface area contributed by atoms with Gasteiger partial charge < -0.3 is 20.0 Å². The fraction of sp³-hybridized carbons (Fsp3) is 0.261. The van der Waals surface area contributed by atoms with Gasteiger partial charge in [0.2, 0.25) is 6.35 Å². The second-order valence-electron chi connectivity index (χ2n) is 7.99. The van der Waals surface area contributed by atoms with Gasteiger partial charge in [0.05, 0.1) is 11.2 Å². The Morgan fingerprint density at radius 3 is 2.69 bits per heavy atom. The van der Waals surface area contributed by atoms with Gasteiger partial charge in [0.1, 0.15) is 5.82 Å². The number of aryl methyl sites for hydroxylation is 3. The number of rotatable bonds is 5. The molecule has 5 rings (SSSR count). The van der Waals surface area contributed by atoms with Crippen molar-refractivity contribution in [3.05, 3.63) is 65.7 Å². The largest absolute Gasteiger partial charge is 0.355 e. The van der Waals surface area contributed by atoms with E-state index in [0.717, 1.165) is 34.0 Å². The quantitative estimate of drug-likeness (QED) is 0.430. The summed E-state index contributed by atoms with van der Waals surface area (Å²) in [6.07, 6.45) is 3.67. The molecule has 1 unspecified atom stereocenters. The highest BCUT2D eigenvalue weighted by molar-refractivity contribution is 6.20. The molecule has 0 radical (unpaired) electrons. The molecule has 1 atom stereocenters. The summed E-state index contributed by atoms with van der Waals surface area (Å²) in [4.78, 5) is 1.72. The summed E-state index contributed by atoms with van der Waals surface area (Å²) < 4.78 is 18.3. The van der Waals surface area contributed by atoms with Crippen LogP contribution in [0.4, 0.5) is 10.1 Å². The van der Waals surface area contributed by atoms with Crippen LogP contribution in [-0.2, 0) is 13.6 Å². The van der Waals surface area contributed by atoms with Gasteiger partial charge in [-0.1, -0.05) is 11.6 Å². The van der Waals surface area contributed by atoms with Gasteiger partial charge in [-0.3, -0.25) is 10.3 Å². The molecule has 0 aliphatic carbocycles. The Hall–Kier alpha value is -3.07. The van der Waals surface area contributed by atoms with Crippen molar-refractivity contribution < 1.29 is 9.50 Å². The van der Waals surface area contributed by atoms with Crippen LogP contribution in [0.1, 0.15) is 17.5 Å². The SMILES string of the molecule is Cc1ccc2c(c1)c(C1=NNC(O)N1c1cn(CCCN)c3ccc(F)cc13)cn2C.Cl. The van der Waals surface area contributed by atoms with Crippen LogP contribution in [-0.4, -0.2) is 33.0 Å². The number of aromatic nitrogens is 2. The number of aliphatic hydroxyl groups excluding tert-OH is 1. The molecule has 0 saturated heterocycles. The molecule has 0 fully saturated rings. The topological polar surface area (TPSA) is 83.7 Å². The zero-order valence-corrected chi connectivity index (χ0v) is 18.7. The zero-order chi connectivity index (χ0) is 21.7. The number of amidine groups is 1. The van der Waals surface area contributed by atoms with Crippen molar-refractivity contribution in [2.24, 2.45) is 17.9 Å². The van der Waals surface area contributed by atoms with Crippen LogP contribution in [0.2, 0.25) is 0 Å². The fourth-order valence-electron chi connectivity index (χ4n) is 4.36. The Balaban J connectivity index is 0.00000245. The predicted octanol–water partition coefficient (Wildman–Crippen LogP) is 3.40. The first-order valence-electron chi connectivity index (χ1n) is 10.3. The minimum absolute atomic E-state index is 0. The lowest BCUT2D eigenvalue weighted by Gasteiger charge is -2.22. The smallest absolute Gasteiger partial charge is 0.226 e. The maximum Gasteiger partial charge on any atom is 0.226 e. The van der Waals surface area contributed by atoms with Gasteiger partial charge in [0, 0.05) is 47.8 Å². The van der Waals surface area contributed by atoms with E-state index in [-0.39, 0.29) is 18.2 Å². The summed E-state index contributed by atoms with van der Waals surface area (Å²) >= 11 is 0. The summed E-state index contributed by atoms with van der Waals surface area (Å²) in [5.74, 6) is 0.261. The molecule has 9 heteroatoms. The van der Waals surface area contributed by atoms with Gasteiger partial charge in [-0.05, 0) is 50.2 Å². The van der Waals surface area contributed by atoms with Crippen molar-refractivity contribution in [3.63, 3.8) is 0 Å². The number of anilines is 1. The molecule has 1 aliphatic heterocycles. The van der Waals surface area contributed by atoms with Crippen LogP contribution in [0.15, 0.2) is 53.9 Å². The molecule has 0 spiro atoms. The molecule has 1 aliphatic rings. The van der Waals surface area contributed by atoms with Crippen LogP contribution in [0.5, 0.6) is 0 Å². The number of nitrogens with two attached hydrogens (primary N) is 1. The number of aliphatic hydroxyl groups is 1. The van der Waals surface area contributed by atoms with Gasteiger partial charge in [-0.25, -0.2) is 4.39 Å². The standard InChI is InChI=1S/C23H25FN6O.ClH/c1-14-4-6-19-16(10-14)18(12-28(19)2)22-26-27-23(31)30(22)21-13-29(9-3-8-25)20-7-5-15(24)11-17(20)21;/h4-7,10-13,23,27,31H,3,8-9,25H2,1-2H3;1H. The Bertz CT molecular complexity index is 1330. The lowest BCUT2D eigenvalue weighted by Crippen LogP contribution is -2.40. The third kappa shape index (κ3) is 3.50. The van der Waals surface area contributed by atoms with Crippen LogP contribution in [0.3, 0.4) is 0 Å². The molecular weight excluding hydrogens is 431 g/mol. The highest BCUT2D eigenvalue weighted by Crippen LogP contribution is 2.35. The first-order valence-corrected chi connectivity index (χ1v) is 10.3. The van der Waals surface area contributed by atoms with Crippen molar-refractivity contribution in [2.45, 2.75) is 26.2 Å². The minimum atomic E-state index is -1.06. The van der Waals surface area contributed by atoms with Gasteiger partial charge in [0.25, 0.3) is 0 Å². The number of hydrazone groups is 1. The summed E-state index contributed by atoms with van der Waals surface area (Å²) in [5, 5.41) is 17.0. The third-order valence-corrected chi connectivity index (χ3v) is 5.83. The summed E-state index contributed by atoms with van der Waals surface area (Å²) in [5.41, 5.74) is 13.2. The lowest BCUT2D eigenvalue weighted by atomic mass is 10.1. The van der Waals surface area contributed by atoms with Crippen molar-refractivity contribution in [3.8, 4) is 0 Å².